The minimum Gasteiger partial charge on any atom is -0.465 e. The van der Waals surface area contributed by atoms with Crippen LogP contribution in [0.1, 0.15) is 19.4 Å². The van der Waals surface area contributed by atoms with Crippen molar-refractivity contribution in [1.82, 2.24) is 9.55 Å². The molecule has 134 valence electrons. The van der Waals surface area contributed by atoms with Gasteiger partial charge < -0.3 is 4.74 Å². The Morgan fingerprint density at radius 2 is 1.85 bits per heavy atom. The number of aryl methyl sites for hydroxylation is 1. The van der Waals surface area contributed by atoms with E-state index in [4.69, 9.17) is 4.74 Å². The first-order valence-corrected chi connectivity index (χ1v) is 9.52. The molecule has 5 nitrogen and oxygen atoms in total. The van der Waals surface area contributed by atoms with Crippen molar-refractivity contribution < 1.29 is 9.53 Å². The van der Waals surface area contributed by atoms with Crippen LogP contribution >= 0.6 is 11.8 Å². The summed E-state index contributed by atoms with van der Waals surface area (Å²) >= 11 is 1.22. The molecule has 0 aliphatic carbocycles. The highest BCUT2D eigenvalue weighted by atomic mass is 32.2. The minimum atomic E-state index is -0.324. The number of hydrogen-bond donors (Lipinski definition) is 0. The molecule has 0 radical (unpaired) electrons. The fraction of sp³-hybridized carbons (Fsp3) is 0.250. The van der Waals surface area contributed by atoms with Crippen LogP contribution in [-0.2, 0) is 16.0 Å². The standard InChI is InChI=1S/C20H20N2O3S/c1-3-14-9-5-8-12-17(14)22-19(24)15-10-6-7-11-16(15)21-20(22)26-13-18(23)25-4-2/h5-12H,3-4,13H2,1-2H3. The second-order valence-corrected chi connectivity index (χ2v) is 6.57. The van der Waals surface area contributed by atoms with E-state index in [-0.39, 0.29) is 17.3 Å². The van der Waals surface area contributed by atoms with Gasteiger partial charge in [0, 0.05) is 0 Å². The summed E-state index contributed by atoms with van der Waals surface area (Å²) in [6.07, 6.45) is 0.789. The molecule has 0 saturated heterocycles. The predicted octanol–water partition coefficient (Wildman–Crippen LogP) is 3.60. The van der Waals surface area contributed by atoms with Crippen LogP contribution < -0.4 is 5.56 Å². The highest BCUT2D eigenvalue weighted by Gasteiger charge is 2.16. The molecule has 26 heavy (non-hydrogen) atoms. The van der Waals surface area contributed by atoms with Crippen molar-refractivity contribution in [1.29, 1.82) is 0 Å². The van der Waals surface area contributed by atoms with E-state index in [2.05, 4.69) is 4.98 Å². The first-order chi connectivity index (χ1) is 12.7. The second kappa shape index (κ2) is 8.19. The number of esters is 1. The summed E-state index contributed by atoms with van der Waals surface area (Å²) in [5, 5.41) is 1.04. The van der Waals surface area contributed by atoms with Gasteiger partial charge in [-0.1, -0.05) is 49.0 Å². The van der Waals surface area contributed by atoms with Crippen molar-refractivity contribution in [3.63, 3.8) is 0 Å². The minimum absolute atomic E-state index is 0.104. The van der Waals surface area contributed by atoms with Gasteiger partial charge >= 0.3 is 5.97 Å². The monoisotopic (exact) mass is 368 g/mol. The van der Waals surface area contributed by atoms with Crippen LogP contribution in [0, 0.1) is 0 Å². The molecular formula is C20H20N2O3S. The number of carbonyl (C=O) groups is 1. The summed E-state index contributed by atoms with van der Waals surface area (Å²) in [6, 6.07) is 15.0. The van der Waals surface area contributed by atoms with Gasteiger partial charge in [0.2, 0.25) is 0 Å². The first-order valence-electron chi connectivity index (χ1n) is 8.54. The number of fused-ring (bicyclic) bond motifs is 1. The SMILES string of the molecule is CCOC(=O)CSc1nc2ccccc2c(=O)n1-c1ccccc1CC. The molecule has 0 spiro atoms. The lowest BCUT2D eigenvalue weighted by Gasteiger charge is -2.15. The Labute approximate surface area is 156 Å². The normalized spacial score (nSPS) is 10.8. The van der Waals surface area contributed by atoms with Gasteiger partial charge in [0.25, 0.3) is 5.56 Å². The van der Waals surface area contributed by atoms with Gasteiger partial charge in [-0.3, -0.25) is 14.2 Å². The van der Waals surface area contributed by atoms with Crippen molar-refractivity contribution in [3.05, 3.63) is 64.4 Å². The average Bonchev–Trinajstić information content (AvgIpc) is 2.67. The summed E-state index contributed by atoms with van der Waals surface area (Å²) in [5.41, 5.74) is 2.33. The molecule has 0 amide bonds. The number of thioether (sulfide) groups is 1. The van der Waals surface area contributed by atoms with Crippen LogP contribution in [0.2, 0.25) is 0 Å². The predicted molar refractivity (Wildman–Crippen MR) is 104 cm³/mol. The van der Waals surface area contributed by atoms with Crippen molar-refractivity contribution in [2.45, 2.75) is 25.4 Å². The third-order valence-electron chi connectivity index (χ3n) is 3.98. The average molecular weight is 368 g/mol. The number of ether oxygens (including phenoxy) is 1. The number of benzene rings is 2. The Bertz CT molecular complexity index is 998. The van der Waals surface area contributed by atoms with Crippen molar-refractivity contribution >= 4 is 28.6 Å². The molecule has 0 aliphatic rings. The third-order valence-corrected chi connectivity index (χ3v) is 4.89. The second-order valence-electron chi connectivity index (χ2n) is 5.63. The lowest BCUT2D eigenvalue weighted by atomic mass is 10.1. The molecule has 1 aromatic heterocycles. The van der Waals surface area contributed by atoms with Gasteiger partial charge in [-0.15, -0.1) is 0 Å². The molecule has 0 bridgehead atoms. The number of nitrogens with zero attached hydrogens (tertiary/aromatic N) is 2. The van der Waals surface area contributed by atoms with Crippen LogP contribution in [-0.4, -0.2) is 27.9 Å². The van der Waals surface area contributed by atoms with Gasteiger partial charge in [0.15, 0.2) is 5.16 Å². The quantitative estimate of drug-likeness (QED) is 0.378. The van der Waals surface area contributed by atoms with Crippen molar-refractivity contribution in [2.24, 2.45) is 0 Å². The van der Waals surface area contributed by atoms with E-state index in [1.807, 2.05) is 43.3 Å². The fourth-order valence-corrected chi connectivity index (χ4v) is 3.58. The highest BCUT2D eigenvalue weighted by Crippen LogP contribution is 2.23. The number of para-hydroxylation sites is 2. The van der Waals surface area contributed by atoms with Crippen LogP contribution in [0.4, 0.5) is 0 Å². The van der Waals surface area contributed by atoms with Crippen LogP contribution in [0.15, 0.2) is 58.5 Å². The molecule has 0 fully saturated rings. The van der Waals surface area contributed by atoms with Gasteiger partial charge in [0.05, 0.1) is 29.0 Å². The van der Waals surface area contributed by atoms with E-state index in [9.17, 15) is 9.59 Å². The Hall–Kier alpha value is -2.60. The van der Waals surface area contributed by atoms with Crippen molar-refractivity contribution in [3.8, 4) is 5.69 Å². The summed E-state index contributed by atoms with van der Waals surface area (Å²) in [7, 11) is 0. The van der Waals surface area contributed by atoms with Gasteiger partial charge in [0.1, 0.15) is 0 Å². The molecular weight excluding hydrogens is 348 g/mol. The molecule has 0 aliphatic heterocycles. The van der Waals surface area contributed by atoms with E-state index in [0.29, 0.717) is 22.7 Å². The molecule has 0 unspecified atom stereocenters. The van der Waals surface area contributed by atoms with Gasteiger partial charge in [-0.25, -0.2) is 4.98 Å². The number of rotatable bonds is 6. The third kappa shape index (κ3) is 3.65. The van der Waals surface area contributed by atoms with E-state index in [1.165, 1.54) is 11.8 Å². The topological polar surface area (TPSA) is 61.2 Å². The van der Waals surface area contributed by atoms with Gasteiger partial charge in [-0.05, 0) is 37.1 Å². The maximum absolute atomic E-state index is 13.2. The largest absolute Gasteiger partial charge is 0.465 e. The Kier molecular flexibility index (Phi) is 5.73. The zero-order valence-electron chi connectivity index (χ0n) is 14.8. The van der Waals surface area contributed by atoms with Crippen molar-refractivity contribution in [2.75, 3.05) is 12.4 Å². The first kappa shape index (κ1) is 18.2. The molecule has 0 N–H and O–H groups in total. The molecule has 0 saturated carbocycles. The van der Waals surface area contributed by atoms with E-state index in [0.717, 1.165) is 17.7 Å². The summed E-state index contributed by atoms with van der Waals surface area (Å²) in [4.78, 5) is 29.6. The Balaban J connectivity index is 2.18. The molecule has 0 atom stereocenters. The summed E-state index contributed by atoms with van der Waals surface area (Å²) in [6.45, 7) is 4.14. The van der Waals surface area contributed by atoms with E-state index < -0.39 is 0 Å². The molecule has 2 aromatic carbocycles. The fourth-order valence-electron chi connectivity index (χ4n) is 2.78. The number of hydrogen-bond acceptors (Lipinski definition) is 5. The highest BCUT2D eigenvalue weighted by molar-refractivity contribution is 7.99. The molecule has 3 aromatic rings. The summed E-state index contributed by atoms with van der Waals surface area (Å²) < 4.78 is 6.60. The van der Waals surface area contributed by atoms with Crippen LogP contribution in [0.3, 0.4) is 0 Å². The molecule has 1 heterocycles. The zero-order valence-corrected chi connectivity index (χ0v) is 15.6. The molecule has 3 rings (SSSR count). The lowest BCUT2D eigenvalue weighted by molar-refractivity contribution is -0.139. The lowest BCUT2D eigenvalue weighted by Crippen LogP contribution is -2.23. The maximum Gasteiger partial charge on any atom is 0.316 e. The number of aromatic nitrogens is 2. The van der Waals surface area contributed by atoms with Crippen LogP contribution in [0.25, 0.3) is 16.6 Å². The molecule has 6 heteroatoms. The Morgan fingerprint density at radius 1 is 1.12 bits per heavy atom. The summed E-state index contributed by atoms with van der Waals surface area (Å²) in [5.74, 6) is -0.220. The van der Waals surface area contributed by atoms with E-state index >= 15 is 0 Å². The zero-order chi connectivity index (χ0) is 18.5. The maximum atomic E-state index is 13.2. The Morgan fingerprint density at radius 3 is 2.62 bits per heavy atom. The van der Waals surface area contributed by atoms with Crippen LogP contribution in [0.5, 0.6) is 0 Å². The van der Waals surface area contributed by atoms with E-state index in [1.54, 1.807) is 23.6 Å². The smallest absolute Gasteiger partial charge is 0.316 e. The van der Waals surface area contributed by atoms with Gasteiger partial charge in [-0.2, -0.15) is 0 Å². The number of carbonyl (C=O) groups excluding carboxylic acids is 1.